The average Bonchev–Trinajstić information content (AvgIpc) is 2.40. The summed E-state index contributed by atoms with van der Waals surface area (Å²) in [6, 6.07) is 5.46. The van der Waals surface area contributed by atoms with Gasteiger partial charge in [-0.2, -0.15) is 0 Å². The molecule has 0 unspecified atom stereocenters. The fourth-order valence-electron chi connectivity index (χ4n) is 1.69. The number of nitrogens with one attached hydrogen (secondary N) is 1. The molecule has 0 aliphatic rings. The van der Waals surface area contributed by atoms with Crippen LogP contribution in [0.15, 0.2) is 18.2 Å². The summed E-state index contributed by atoms with van der Waals surface area (Å²) in [5.74, 6) is 0.214. The van der Waals surface area contributed by atoms with Gasteiger partial charge in [-0.05, 0) is 44.5 Å². The fourth-order valence-corrected chi connectivity index (χ4v) is 1.69. The van der Waals surface area contributed by atoms with Crippen molar-refractivity contribution in [3.8, 4) is 5.75 Å². The second-order valence-corrected chi connectivity index (χ2v) is 4.26. The minimum Gasteiger partial charge on any atom is -0.494 e. The Hall–Kier alpha value is -2.04. The van der Waals surface area contributed by atoms with Gasteiger partial charge in [0, 0.05) is 12.1 Å². The number of anilines is 1. The van der Waals surface area contributed by atoms with E-state index in [9.17, 15) is 9.59 Å². The lowest BCUT2D eigenvalue weighted by Gasteiger charge is -2.10. The van der Waals surface area contributed by atoms with E-state index in [-0.39, 0.29) is 24.7 Å². The van der Waals surface area contributed by atoms with Crippen molar-refractivity contribution in [2.45, 2.75) is 33.6 Å². The lowest BCUT2D eigenvalue weighted by Crippen LogP contribution is -2.15. The average molecular weight is 279 g/mol. The molecule has 0 saturated carbocycles. The van der Waals surface area contributed by atoms with Crippen LogP contribution >= 0.6 is 0 Å². The minimum absolute atomic E-state index is 0.0930. The standard InChI is InChI=1S/C15H21NO4/c1-4-19-12-6-7-13(11(3)10-12)16-14(17)8-9-15(18)20-5-2/h6-7,10H,4-5,8-9H2,1-3H3,(H,16,17). The Bertz CT molecular complexity index is 471. The van der Waals surface area contributed by atoms with Gasteiger partial charge in [0.2, 0.25) is 5.91 Å². The van der Waals surface area contributed by atoms with Gasteiger partial charge < -0.3 is 14.8 Å². The van der Waals surface area contributed by atoms with Crippen molar-refractivity contribution in [1.82, 2.24) is 0 Å². The topological polar surface area (TPSA) is 64.6 Å². The van der Waals surface area contributed by atoms with Crippen molar-refractivity contribution in [3.63, 3.8) is 0 Å². The summed E-state index contributed by atoms with van der Waals surface area (Å²) in [5.41, 5.74) is 1.64. The van der Waals surface area contributed by atoms with E-state index < -0.39 is 0 Å². The third kappa shape index (κ3) is 5.30. The van der Waals surface area contributed by atoms with Gasteiger partial charge in [0.15, 0.2) is 0 Å². The second kappa shape index (κ2) is 8.19. The normalized spacial score (nSPS) is 9.95. The molecule has 110 valence electrons. The molecule has 0 heterocycles. The zero-order chi connectivity index (χ0) is 15.0. The summed E-state index contributed by atoms with van der Waals surface area (Å²) in [5, 5.41) is 2.77. The van der Waals surface area contributed by atoms with Crippen LogP contribution in [0.4, 0.5) is 5.69 Å². The maximum atomic E-state index is 11.7. The lowest BCUT2D eigenvalue weighted by atomic mass is 10.2. The highest BCUT2D eigenvalue weighted by Gasteiger charge is 2.09. The van der Waals surface area contributed by atoms with E-state index in [4.69, 9.17) is 9.47 Å². The minimum atomic E-state index is -0.355. The molecule has 0 atom stereocenters. The van der Waals surface area contributed by atoms with E-state index in [1.54, 1.807) is 19.1 Å². The molecule has 1 N–H and O–H groups in total. The third-order valence-corrected chi connectivity index (χ3v) is 2.64. The zero-order valence-corrected chi connectivity index (χ0v) is 12.2. The van der Waals surface area contributed by atoms with Crippen molar-refractivity contribution in [2.24, 2.45) is 0 Å². The van der Waals surface area contributed by atoms with Crippen LogP contribution in [-0.2, 0) is 14.3 Å². The summed E-state index contributed by atoms with van der Waals surface area (Å²) in [6.45, 7) is 6.48. The number of esters is 1. The number of rotatable bonds is 7. The largest absolute Gasteiger partial charge is 0.494 e. The molecule has 1 rings (SSSR count). The van der Waals surface area contributed by atoms with Gasteiger partial charge in [0.05, 0.1) is 19.6 Å². The molecule has 0 saturated heterocycles. The Labute approximate surface area is 119 Å². The maximum absolute atomic E-state index is 11.7. The Morgan fingerprint density at radius 1 is 1.15 bits per heavy atom. The third-order valence-electron chi connectivity index (χ3n) is 2.64. The van der Waals surface area contributed by atoms with E-state index >= 15 is 0 Å². The maximum Gasteiger partial charge on any atom is 0.306 e. The molecule has 0 aromatic heterocycles. The molecule has 0 spiro atoms. The molecule has 20 heavy (non-hydrogen) atoms. The zero-order valence-electron chi connectivity index (χ0n) is 12.2. The number of aryl methyl sites for hydroxylation is 1. The number of hydrogen-bond acceptors (Lipinski definition) is 4. The Morgan fingerprint density at radius 2 is 1.90 bits per heavy atom. The molecule has 0 fully saturated rings. The van der Waals surface area contributed by atoms with Gasteiger partial charge >= 0.3 is 5.97 Å². The van der Waals surface area contributed by atoms with Crippen LogP contribution in [0, 0.1) is 6.92 Å². The lowest BCUT2D eigenvalue weighted by molar-refractivity contribution is -0.144. The number of benzene rings is 1. The Morgan fingerprint density at radius 3 is 2.50 bits per heavy atom. The molecule has 0 aliphatic carbocycles. The number of hydrogen-bond donors (Lipinski definition) is 1. The molecular weight excluding hydrogens is 258 g/mol. The van der Waals surface area contributed by atoms with E-state index in [0.29, 0.717) is 13.2 Å². The first-order valence-corrected chi connectivity index (χ1v) is 6.75. The first-order chi connectivity index (χ1) is 9.56. The van der Waals surface area contributed by atoms with Crippen molar-refractivity contribution < 1.29 is 19.1 Å². The molecule has 1 aromatic carbocycles. The number of carbonyl (C=O) groups is 2. The highest BCUT2D eigenvalue weighted by atomic mass is 16.5. The van der Waals surface area contributed by atoms with Gasteiger partial charge in [-0.15, -0.1) is 0 Å². The predicted molar refractivity (Wildman–Crippen MR) is 76.8 cm³/mol. The van der Waals surface area contributed by atoms with Gasteiger partial charge in [0.25, 0.3) is 0 Å². The summed E-state index contributed by atoms with van der Waals surface area (Å²) in [7, 11) is 0. The van der Waals surface area contributed by atoms with Crippen LogP contribution < -0.4 is 10.1 Å². The summed E-state index contributed by atoms with van der Waals surface area (Å²) < 4.78 is 10.2. The summed E-state index contributed by atoms with van der Waals surface area (Å²) in [6.07, 6.45) is 0.210. The molecule has 5 heteroatoms. The van der Waals surface area contributed by atoms with E-state index in [2.05, 4.69) is 5.32 Å². The van der Waals surface area contributed by atoms with Crippen LogP contribution in [-0.4, -0.2) is 25.1 Å². The summed E-state index contributed by atoms with van der Waals surface area (Å²) in [4.78, 5) is 22.9. The van der Waals surface area contributed by atoms with Gasteiger partial charge in [-0.3, -0.25) is 9.59 Å². The Balaban J connectivity index is 2.51. The van der Waals surface area contributed by atoms with Crippen molar-refractivity contribution in [3.05, 3.63) is 23.8 Å². The molecule has 0 aliphatic heterocycles. The van der Waals surface area contributed by atoms with Crippen LogP contribution in [0.3, 0.4) is 0 Å². The molecular formula is C15H21NO4. The van der Waals surface area contributed by atoms with Crippen LogP contribution in [0.2, 0.25) is 0 Å². The van der Waals surface area contributed by atoms with E-state index in [1.807, 2.05) is 19.9 Å². The van der Waals surface area contributed by atoms with Gasteiger partial charge in [-0.1, -0.05) is 0 Å². The van der Waals surface area contributed by atoms with Crippen LogP contribution in [0.5, 0.6) is 5.75 Å². The number of carbonyl (C=O) groups excluding carboxylic acids is 2. The number of ether oxygens (including phenoxy) is 2. The van der Waals surface area contributed by atoms with Gasteiger partial charge in [-0.25, -0.2) is 0 Å². The highest BCUT2D eigenvalue weighted by molar-refractivity contribution is 5.93. The van der Waals surface area contributed by atoms with Crippen LogP contribution in [0.25, 0.3) is 0 Å². The predicted octanol–water partition coefficient (Wildman–Crippen LogP) is 2.68. The second-order valence-electron chi connectivity index (χ2n) is 4.26. The van der Waals surface area contributed by atoms with Gasteiger partial charge in [0.1, 0.15) is 5.75 Å². The van der Waals surface area contributed by atoms with E-state index in [1.165, 1.54) is 0 Å². The first kappa shape index (κ1) is 16.0. The quantitative estimate of drug-likeness (QED) is 0.779. The van der Waals surface area contributed by atoms with E-state index in [0.717, 1.165) is 17.0 Å². The number of amides is 1. The van der Waals surface area contributed by atoms with Crippen LogP contribution in [0.1, 0.15) is 32.3 Å². The smallest absolute Gasteiger partial charge is 0.306 e. The monoisotopic (exact) mass is 279 g/mol. The van der Waals surface area contributed by atoms with Crippen molar-refractivity contribution in [2.75, 3.05) is 18.5 Å². The SMILES string of the molecule is CCOC(=O)CCC(=O)Nc1ccc(OCC)cc1C. The molecule has 5 nitrogen and oxygen atoms in total. The summed E-state index contributed by atoms with van der Waals surface area (Å²) >= 11 is 0. The molecule has 0 radical (unpaired) electrons. The molecule has 1 amide bonds. The first-order valence-electron chi connectivity index (χ1n) is 6.75. The molecule has 1 aromatic rings. The van der Waals surface area contributed by atoms with Crippen molar-refractivity contribution >= 4 is 17.6 Å². The molecule has 0 bridgehead atoms. The highest BCUT2D eigenvalue weighted by Crippen LogP contribution is 2.21. The Kier molecular flexibility index (Phi) is 6.56. The fraction of sp³-hybridized carbons (Fsp3) is 0.467. The van der Waals surface area contributed by atoms with Crippen molar-refractivity contribution in [1.29, 1.82) is 0 Å².